The Balaban J connectivity index is 1.46. The summed E-state index contributed by atoms with van der Waals surface area (Å²) < 4.78 is 6.09. The van der Waals surface area contributed by atoms with Crippen molar-refractivity contribution in [3.05, 3.63) is 11.6 Å². The van der Waals surface area contributed by atoms with E-state index in [2.05, 4.69) is 27.7 Å². The van der Waals surface area contributed by atoms with Crippen LogP contribution in [0.4, 0.5) is 0 Å². The number of hydrogen-bond donors (Lipinski definition) is 0. The first-order valence-electron chi connectivity index (χ1n) is 11.1. The second-order valence-electron chi connectivity index (χ2n) is 11.5. The Labute approximate surface area is 162 Å². The monoisotopic (exact) mass is 368 g/mol. The van der Waals surface area contributed by atoms with E-state index in [1.807, 2.05) is 6.08 Å². The van der Waals surface area contributed by atoms with Crippen LogP contribution in [0.25, 0.3) is 0 Å². The zero-order chi connectivity index (χ0) is 19.0. The van der Waals surface area contributed by atoms with Gasteiger partial charge < -0.3 is 4.74 Å². The van der Waals surface area contributed by atoms with E-state index in [0.29, 0.717) is 34.9 Å². The molecule has 0 aromatic rings. The van der Waals surface area contributed by atoms with Gasteiger partial charge in [0.05, 0.1) is 0 Å². The summed E-state index contributed by atoms with van der Waals surface area (Å²) >= 11 is 0. The van der Waals surface area contributed by atoms with Gasteiger partial charge in [0.15, 0.2) is 5.78 Å². The Morgan fingerprint density at radius 1 is 1.04 bits per heavy atom. The third-order valence-electron chi connectivity index (χ3n) is 11.4. The van der Waals surface area contributed by atoms with Gasteiger partial charge in [-0.2, -0.15) is 0 Å². The van der Waals surface area contributed by atoms with Crippen LogP contribution < -0.4 is 0 Å². The van der Waals surface area contributed by atoms with E-state index < -0.39 is 0 Å². The van der Waals surface area contributed by atoms with Gasteiger partial charge in [0.1, 0.15) is 5.60 Å². The highest BCUT2D eigenvalue weighted by Crippen LogP contribution is 2.93. The average Bonchev–Trinajstić information content (AvgIpc) is 3.07. The van der Waals surface area contributed by atoms with Crippen molar-refractivity contribution < 1.29 is 14.3 Å². The summed E-state index contributed by atoms with van der Waals surface area (Å²) in [4.78, 5) is 24.2. The highest BCUT2D eigenvalue weighted by molar-refractivity contribution is 5.91. The van der Waals surface area contributed by atoms with Crippen molar-refractivity contribution in [1.29, 1.82) is 0 Å². The smallest absolute Gasteiger partial charge is 0.306 e. The van der Waals surface area contributed by atoms with Crippen molar-refractivity contribution in [2.45, 2.75) is 84.7 Å². The molecule has 1 saturated heterocycles. The maximum atomic E-state index is 12.1. The Morgan fingerprint density at radius 3 is 2.52 bits per heavy atom. The molecule has 0 aromatic carbocycles. The molecule has 0 N–H and O–H groups in total. The largest absolute Gasteiger partial charge is 0.458 e. The Kier molecular flexibility index (Phi) is 2.73. The van der Waals surface area contributed by atoms with E-state index in [0.717, 1.165) is 38.0 Å². The molecule has 3 nitrogen and oxygen atoms in total. The van der Waals surface area contributed by atoms with Gasteiger partial charge in [-0.25, -0.2) is 0 Å². The van der Waals surface area contributed by atoms with Crippen molar-refractivity contribution in [2.24, 2.45) is 39.4 Å². The molecular weight excluding hydrogens is 336 g/mol. The normalized spacial score (nSPS) is 60.4. The fourth-order valence-electron chi connectivity index (χ4n) is 10.2. The molecule has 6 rings (SSSR count). The van der Waals surface area contributed by atoms with E-state index in [1.54, 1.807) is 0 Å². The highest BCUT2D eigenvalue weighted by atomic mass is 16.6. The Morgan fingerprint density at radius 2 is 1.81 bits per heavy atom. The molecule has 27 heavy (non-hydrogen) atoms. The fraction of sp³-hybridized carbons (Fsp3) is 0.833. The second kappa shape index (κ2) is 4.39. The molecule has 0 amide bonds. The van der Waals surface area contributed by atoms with Crippen LogP contribution in [0.2, 0.25) is 0 Å². The first-order valence-corrected chi connectivity index (χ1v) is 11.1. The van der Waals surface area contributed by atoms with Gasteiger partial charge in [-0.1, -0.05) is 33.3 Å². The zero-order valence-corrected chi connectivity index (χ0v) is 17.2. The average molecular weight is 369 g/mol. The number of carbonyl (C=O) groups is 2. The molecule has 146 valence electrons. The lowest BCUT2D eigenvalue weighted by molar-refractivity contribution is -0.393. The third kappa shape index (κ3) is 1.39. The van der Waals surface area contributed by atoms with E-state index in [-0.39, 0.29) is 22.4 Å². The minimum atomic E-state index is -0.179. The number of hydrogen-bond acceptors (Lipinski definition) is 3. The number of esters is 1. The molecule has 0 bridgehead atoms. The fourth-order valence-corrected chi connectivity index (χ4v) is 10.2. The number of ether oxygens (including phenoxy) is 1. The number of fused-ring (bicyclic) bond motifs is 5. The van der Waals surface area contributed by atoms with E-state index in [4.69, 9.17) is 4.74 Å². The summed E-state index contributed by atoms with van der Waals surface area (Å²) in [5.41, 5.74) is 2.26. The number of carbonyl (C=O) groups excluding carboxylic acids is 2. The Hall–Kier alpha value is -1.12. The molecular formula is C24H32O3. The lowest BCUT2D eigenvalue weighted by atomic mass is 9.17. The van der Waals surface area contributed by atoms with Gasteiger partial charge in [-0.3, -0.25) is 9.59 Å². The van der Waals surface area contributed by atoms with Crippen LogP contribution >= 0.6 is 0 Å². The third-order valence-corrected chi connectivity index (χ3v) is 11.4. The minimum absolute atomic E-state index is 0.0264. The summed E-state index contributed by atoms with van der Waals surface area (Å²) in [5, 5.41) is 0. The van der Waals surface area contributed by atoms with E-state index in [1.165, 1.54) is 18.4 Å². The quantitative estimate of drug-likeness (QED) is 0.575. The van der Waals surface area contributed by atoms with Gasteiger partial charge in [0.25, 0.3) is 0 Å². The molecule has 5 aliphatic carbocycles. The van der Waals surface area contributed by atoms with Crippen LogP contribution in [0.3, 0.4) is 0 Å². The van der Waals surface area contributed by atoms with Gasteiger partial charge in [-0.15, -0.1) is 0 Å². The first-order chi connectivity index (χ1) is 12.6. The van der Waals surface area contributed by atoms with Crippen LogP contribution in [0.15, 0.2) is 11.6 Å². The summed E-state index contributed by atoms with van der Waals surface area (Å²) in [6, 6.07) is 0. The Bertz CT molecular complexity index is 827. The molecule has 2 spiro atoms. The standard InChI is InChI=1S/C24H32O3/c1-14-11-15-12-16(25)5-7-20(15,2)22(4)17-13-21(3)23(8-6-18(26)27-23)9-10-24(17,21)19(14)22/h12,14,17,19H,5-11,13H2,1-4H3/t14?,17-,19?,20?,21?,22?,23+,24?/m1/s1. The maximum absolute atomic E-state index is 12.1. The number of allylic oxidation sites excluding steroid dienone is 1. The van der Waals surface area contributed by atoms with Crippen molar-refractivity contribution in [1.82, 2.24) is 0 Å². The SMILES string of the molecule is CC1CC2=CC(=O)CCC2(C)C2(C)C1C13CC[C@@]4(CCC(=O)O4)C1(C)C[C@H]23. The molecule has 1 aliphatic heterocycles. The molecule has 8 atom stereocenters. The van der Waals surface area contributed by atoms with Gasteiger partial charge >= 0.3 is 5.97 Å². The number of rotatable bonds is 0. The van der Waals surface area contributed by atoms with Crippen LogP contribution in [-0.2, 0) is 14.3 Å². The molecule has 5 fully saturated rings. The zero-order valence-electron chi connectivity index (χ0n) is 17.2. The van der Waals surface area contributed by atoms with E-state index >= 15 is 0 Å². The molecule has 1 heterocycles. The van der Waals surface area contributed by atoms with Crippen molar-refractivity contribution in [3.63, 3.8) is 0 Å². The minimum Gasteiger partial charge on any atom is -0.458 e. The summed E-state index contributed by atoms with van der Waals surface area (Å²) in [5.74, 6) is 2.40. The molecule has 6 aliphatic rings. The molecule has 0 radical (unpaired) electrons. The summed E-state index contributed by atoms with van der Waals surface area (Å²) in [6.45, 7) is 9.91. The van der Waals surface area contributed by atoms with Crippen LogP contribution in [0, 0.1) is 39.4 Å². The van der Waals surface area contributed by atoms with Crippen molar-refractivity contribution in [3.8, 4) is 0 Å². The lowest BCUT2D eigenvalue weighted by Gasteiger charge is -2.87. The molecule has 0 aromatic heterocycles. The topological polar surface area (TPSA) is 43.4 Å². The molecule has 6 unspecified atom stereocenters. The lowest BCUT2D eigenvalue weighted by Crippen LogP contribution is -2.83. The highest BCUT2D eigenvalue weighted by Gasteiger charge is 2.90. The van der Waals surface area contributed by atoms with Gasteiger partial charge in [-0.05, 0) is 78.6 Å². The van der Waals surface area contributed by atoms with Crippen LogP contribution in [0.5, 0.6) is 0 Å². The van der Waals surface area contributed by atoms with Gasteiger partial charge in [0.2, 0.25) is 0 Å². The predicted molar refractivity (Wildman–Crippen MR) is 102 cm³/mol. The summed E-state index contributed by atoms with van der Waals surface area (Å²) in [6.07, 6.45) is 9.90. The maximum Gasteiger partial charge on any atom is 0.306 e. The van der Waals surface area contributed by atoms with Crippen molar-refractivity contribution in [2.75, 3.05) is 0 Å². The van der Waals surface area contributed by atoms with E-state index in [9.17, 15) is 9.59 Å². The predicted octanol–water partition coefficient (Wildman–Crippen LogP) is 4.84. The van der Waals surface area contributed by atoms with Gasteiger partial charge in [0, 0.05) is 18.3 Å². The second-order valence-corrected chi connectivity index (χ2v) is 11.5. The number of ketones is 1. The van der Waals surface area contributed by atoms with Crippen LogP contribution in [0.1, 0.15) is 79.1 Å². The summed E-state index contributed by atoms with van der Waals surface area (Å²) in [7, 11) is 0. The van der Waals surface area contributed by atoms with Crippen LogP contribution in [-0.4, -0.2) is 17.4 Å². The molecule has 4 saturated carbocycles. The molecule has 3 heteroatoms. The first kappa shape index (κ1) is 16.8. The van der Waals surface area contributed by atoms with Crippen molar-refractivity contribution >= 4 is 11.8 Å².